The van der Waals surface area contributed by atoms with E-state index in [4.69, 9.17) is 4.74 Å². The van der Waals surface area contributed by atoms with Gasteiger partial charge in [0.1, 0.15) is 23.8 Å². The molecule has 1 aliphatic heterocycles. The first-order chi connectivity index (χ1) is 18.3. The van der Waals surface area contributed by atoms with Gasteiger partial charge < -0.3 is 20.3 Å². The quantitative estimate of drug-likeness (QED) is 0.222. The third kappa shape index (κ3) is 5.16. The molecule has 3 heterocycles. The molecule has 1 fully saturated rings. The second-order valence-electron chi connectivity index (χ2n) is 9.12. The zero-order chi connectivity index (χ0) is 26.8. The highest BCUT2D eigenvalue weighted by atomic mass is 32.1. The lowest BCUT2D eigenvalue weighted by molar-refractivity contribution is -0.118. The molecule has 1 atom stereocenters. The summed E-state index contributed by atoms with van der Waals surface area (Å²) in [5, 5.41) is 7.68. The Balaban J connectivity index is 1.50. The number of halogens is 3. The van der Waals surface area contributed by atoms with Crippen molar-refractivity contribution in [1.82, 2.24) is 20.2 Å². The normalized spacial score (nSPS) is 15.7. The third-order valence-corrected chi connectivity index (χ3v) is 7.65. The first-order valence-electron chi connectivity index (χ1n) is 12.2. The van der Waals surface area contributed by atoms with Crippen molar-refractivity contribution in [3.05, 3.63) is 59.8 Å². The van der Waals surface area contributed by atoms with Crippen LogP contribution in [-0.2, 0) is 4.79 Å². The zero-order valence-electron chi connectivity index (χ0n) is 20.7. The SMILES string of the molecule is C=C(F)C(=O)NCCNc1nc(OC[C@@H]2CCCN2C)nc2c(F)c(-c3cccc4c(F)csc34)ccc12. The van der Waals surface area contributed by atoms with E-state index in [1.165, 1.54) is 16.7 Å². The maximum atomic E-state index is 16.1. The fraction of sp³-hybridized carbons (Fsp3) is 0.296. The standard InChI is InChI=1S/C27H26F3N5O2S/c1-15(28)26(36)32-11-10-31-25-20-9-8-17(18-6-3-7-19-21(29)14-38-24(18)19)22(30)23(20)33-27(34-25)37-13-16-5-4-12-35(16)2/h3,6-9,14,16H,1,4-5,10-13H2,2H3,(H,32,36)(H,31,33,34)/t16-/m0/s1. The summed E-state index contributed by atoms with van der Waals surface area (Å²) < 4.78 is 49.7. The topological polar surface area (TPSA) is 79.4 Å². The maximum Gasteiger partial charge on any atom is 0.319 e. The molecule has 7 nitrogen and oxygen atoms in total. The summed E-state index contributed by atoms with van der Waals surface area (Å²) >= 11 is 1.21. The van der Waals surface area contributed by atoms with Gasteiger partial charge in [0.25, 0.3) is 5.91 Å². The second kappa shape index (κ2) is 11.0. The van der Waals surface area contributed by atoms with Crippen LogP contribution in [0.25, 0.3) is 32.1 Å². The number of hydrogen-bond acceptors (Lipinski definition) is 7. The Morgan fingerprint density at radius 3 is 2.79 bits per heavy atom. The van der Waals surface area contributed by atoms with Crippen LogP contribution in [0.2, 0.25) is 0 Å². The number of nitrogens with zero attached hydrogens (tertiary/aromatic N) is 3. The lowest BCUT2D eigenvalue weighted by Crippen LogP contribution is -2.31. The van der Waals surface area contributed by atoms with Crippen LogP contribution in [0.4, 0.5) is 19.0 Å². The fourth-order valence-corrected chi connectivity index (χ4v) is 5.55. The summed E-state index contributed by atoms with van der Waals surface area (Å²) in [5.74, 6) is -2.61. The Labute approximate surface area is 221 Å². The molecule has 0 bridgehead atoms. The number of benzene rings is 2. The van der Waals surface area contributed by atoms with Crippen molar-refractivity contribution in [1.29, 1.82) is 0 Å². The summed E-state index contributed by atoms with van der Waals surface area (Å²) in [4.78, 5) is 22.5. The molecular weight excluding hydrogens is 515 g/mol. The number of rotatable bonds is 9. The maximum absolute atomic E-state index is 16.1. The minimum atomic E-state index is -1.08. The number of ether oxygens (including phenoxy) is 1. The number of likely N-dealkylation sites (tertiary alicyclic amines) is 1. The molecule has 2 aromatic carbocycles. The minimum Gasteiger partial charge on any atom is -0.462 e. The van der Waals surface area contributed by atoms with Crippen LogP contribution in [-0.4, -0.2) is 60.1 Å². The zero-order valence-corrected chi connectivity index (χ0v) is 21.5. The van der Waals surface area contributed by atoms with Gasteiger partial charge >= 0.3 is 6.01 Å². The molecule has 198 valence electrons. The Morgan fingerprint density at radius 2 is 2.03 bits per heavy atom. The average Bonchev–Trinajstić information content (AvgIpc) is 3.50. The van der Waals surface area contributed by atoms with Gasteiger partial charge in [0.15, 0.2) is 11.6 Å². The molecule has 0 unspecified atom stereocenters. The molecule has 2 aromatic heterocycles. The highest BCUT2D eigenvalue weighted by molar-refractivity contribution is 7.17. The molecule has 38 heavy (non-hydrogen) atoms. The molecule has 1 amide bonds. The largest absolute Gasteiger partial charge is 0.462 e. The number of aromatic nitrogens is 2. The summed E-state index contributed by atoms with van der Waals surface area (Å²) in [5.41, 5.74) is 0.892. The fourth-order valence-electron chi connectivity index (χ4n) is 4.60. The van der Waals surface area contributed by atoms with Gasteiger partial charge in [0.05, 0.1) is 0 Å². The number of likely N-dealkylation sites (N-methyl/N-ethyl adjacent to an activating group) is 1. The third-order valence-electron chi connectivity index (χ3n) is 6.65. The van der Waals surface area contributed by atoms with Crippen molar-refractivity contribution in [3.8, 4) is 17.1 Å². The van der Waals surface area contributed by atoms with Crippen molar-refractivity contribution in [2.45, 2.75) is 18.9 Å². The number of fused-ring (bicyclic) bond motifs is 2. The summed E-state index contributed by atoms with van der Waals surface area (Å²) in [6.45, 7) is 4.57. The molecule has 0 spiro atoms. The lowest BCUT2D eigenvalue weighted by atomic mass is 10.0. The molecule has 1 aliphatic rings. The van der Waals surface area contributed by atoms with E-state index in [1.54, 1.807) is 30.3 Å². The van der Waals surface area contributed by atoms with E-state index in [1.807, 2.05) is 7.05 Å². The number of carbonyl (C=O) groups is 1. The van der Waals surface area contributed by atoms with E-state index in [9.17, 15) is 13.6 Å². The molecule has 0 radical (unpaired) electrons. The van der Waals surface area contributed by atoms with E-state index in [2.05, 4.69) is 32.1 Å². The van der Waals surface area contributed by atoms with E-state index < -0.39 is 17.6 Å². The van der Waals surface area contributed by atoms with Gasteiger partial charge in [-0.2, -0.15) is 9.97 Å². The van der Waals surface area contributed by atoms with Crippen molar-refractivity contribution < 1.29 is 22.7 Å². The van der Waals surface area contributed by atoms with Gasteiger partial charge in [-0.1, -0.05) is 30.8 Å². The van der Waals surface area contributed by atoms with Crippen molar-refractivity contribution in [2.75, 3.05) is 38.6 Å². The van der Waals surface area contributed by atoms with Crippen molar-refractivity contribution >= 4 is 44.1 Å². The molecule has 0 saturated carbocycles. The van der Waals surface area contributed by atoms with E-state index in [0.717, 1.165) is 19.4 Å². The van der Waals surface area contributed by atoms with E-state index >= 15 is 4.39 Å². The van der Waals surface area contributed by atoms with Gasteiger partial charge in [-0.25, -0.2) is 13.2 Å². The summed E-state index contributed by atoms with van der Waals surface area (Å²) in [7, 11) is 2.02. The van der Waals surface area contributed by atoms with Crippen LogP contribution in [0.1, 0.15) is 12.8 Å². The van der Waals surface area contributed by atoms with Crippen LogP contribution < -0.4 is 15.4 Å². The first-order valence-corrected chi connectivity index (χ1v) is 13.1. The van der Waals surface area contributed by atoms with Gasteiger partial charge in [0, 0.05) is 51.1 Å². The summed E-state index contributed by atoms with van der Waals surface area (Å²) in [6.07, 6.45) is 2.05. The predicted molar refractivity (Wildman–Crippen MR) is 143 cm³/mol. The van der Waals surface area contributed by atoms with Crippen molar-refractivity contribution in [2.24, 2.45) is 0 Å². The number of amides is 1. The highest BCUT2D eigenvalue weighted by Gasteiger charge is 2.23. The predicted octanol–water partition coefficient (Wildman–Crippen LogP) is 5.27. The van der Waals surface area contributed by atoms with Gasteiger partial charge in [0.2, 0.25) is 0 Å². The monoisotopic (exact) mass is 541 g/mol. The Kier molecular flexibility index (Phi) is 7.48. The number of nitrogens with one attached hydrogen (secondary N) is 2. The van der Waals surface area contributed by atoms with Gasteiger partial charge in [-0.05, 0) is 32.5 Å². The molecule has 4 aromatic rings. The number of carbonyl (C=O) groups excluding carboxylic acids is 1. The highest BCUT2D eigenvalue weighted by Crippen LogP contribution is 2.38. The number of hydrogen-bond donors (Lipinski definition) is 2. The molecular formula is C27H26F3N5O2S. The summed E-state index contributed by atoms with van der Waals surface area (Å²) in [6, 6.07) is 8.62. The van der Waals surface area contributed by atoms with E-state index in [0.29, 0.717) is 33.5 Å². The Bertz CT molecular complexity index is 1530. The lowest BCUT2D eigenvalue weighted by Gasteiger charge is -2.19. The number of thiophene rings is 1. The molecule has 1 saturated heterocycles. The van der Waals surface area contributed by atoms with Crippen LogP contribution in [0.5, 0.6) is 6.01 Å². The van der Waals surface area contributed by atoms with Gasteiger partial charge in [-0.15, -0.1) is 11.3 Å². The van der Waals surface area contributed by atoms with Gasteiger partial charge in [-0.3, -0.25) is 4.79 Å². The average molecular weight is 542 g/mol. The molecule has 5 rings (SSSR count). The minimum absolute atomic E-state index is 0.0119. The second-order valence-corrected chi connectivity index (χ2v) is 10.00. The van der Waals surface area contributed by atoms with Crippen LogP contribution in [0.3, 0.4) is 0 Å². The van der Waals surface area contributed by atoms with Crippen LogP contribution >= 0.6 is 11.3 Å². The number of anilines is 1. The molecule has 2 N–H and O–H groups in total. The van der Waals surface area contributed by atoms with Crippen molar-refractivity contribution in [3.63, 3.8) is 0 Å². The van der Waals surface area contributed by atoms with Crippen LogP contribution in [0.15, 0.2) is 48.1 Å². The Morgan fingerprint density at radius 1 is 1.18 bits per heavy atom. The molecule has 11 heteroatoms. The van der Waals surface area contributed by atoms with E-state index in [-0.39, 0.29) is 42.0 Å². The Hall–Kier alpha value is -3.70. The van der Waals surface area contributed by atoms with Crippen LogP contribution in [0, 0.1) is 11.6 Å². The first kappa shape index (κ1) is 25.9. The smallest absolute Gasteiger partial charge is 0.319 e. The molecule has 0 aliphatic carbocycles.